The van der Waals surface area contributed by atoms with Crippen molar-refractivity contribution in [2.45, 2.75) is 45.2 Å². The molecule has 0 aliphatic carbocycles. The number of amides is 2. The lowest BCUT2D eigenvalue weighted by Gasteiger charge is -2.43. The first-order valence-electron chi connectivity index (χ1n) is 7.07. The Hall–Kier alpha value is -1.91. The third-order valence-electron chi connectivity index (χ3n) is 4.15. The maximum Gasteiger partial charge on any atom is 0.249 e. The van der Waals surface area contributed by atoms with Crippen molar-refractivity contribution in [3.05, 3.63) is 30.1 Å². The van der Waals surface area contributed by atoms with Crippen LogP contribution in [0.5, 0.6) is 0 Å². The molecule has 1 aliphatic heterocycles. The molecular weight excluding hydrogens is 254 g/mol. The van der Waals surface area contributed by atoms with Crippen molar-refractivity contribution < 1.29 is 9.59 Å². The highest BCUT2D eigenvalue weighted by atomic mass is 16.2. The van der Waals surface area contributed by atoms with Crippen molar-refractivity contribution in [3.63, 3.8) is 0 Å². The Balaban J connectivity index is 2.31. The van der Waals surface area contributed by atoms with Crippen molar-refractivity contribution in [1.29, 1.82) is 0 Å². The summed E-state index contributed by atoms with van der Waals surface area (Å²) < 4.78 is 0. The van der Waals surface area contributed by atoms with E-state index in [1.807, 2.05) is 39.0 Å². The van der Waals surface area contributed by atoms with Crippen LogP contribution in [0.4, 0.5) is 0 Å². The summed E-state index contributed by atoms with van der Waals surface area (Å²) in [6, 6.07) is 5.40. The molecule has 2 rings (SSSR count). The zero-order chi connectivity index (χ0) is 14.8. The molecule has 0 spiro atoms. The van der Waals surface area contributed by atoms with Gasteiger partial charge < -0.3 is 10.2 Å². The molecule has 5 heteroatoms. The highest BCUT2D eigenvalue weighted by molar-refractivity contribution is 5.98. The smallest absolute Gasteiger partial charge is 0.249 e. The predicted octanol–water partition coefficient (Wildman–Crippen LogP) is 1.66. The average Bonchev–Trinajstić information content (AvgIpc) is 2.49. The summed E-state index contributed by atoms with van der Waals surface area (Å²) in [7, 11) is 0. The summed E-state index contributed by atoms with van der Waals surface area (Å²) in [5.41, 5.74) is 0.0370. The molecule has 1 unspecified atom stereocenters. The fourth-order valence-corrected chi connectivity index (χ4v) is 2.69. The molecule has 1 saturated heterocycles. The molecule has 0 radical (unpaired) electrons. The summed E-state index contributed by atoms with van der Waals surface area (Å²) >= 11 is 0. The van der Waals surface area contributed by atoms with Gasteiger partial charge in [-0.25, -0.2) is 0 Å². The number of hydrogen-bond donors (Lipinski definition) is 1. The monoisotopic (exact) mass is 275 g/mol. The van der Waals surface area contributed by atoms with E-state index in [0.29, 0.717) is 12.8 Å². The fourth-order valence-electron chi connectivity index (χ4n) is 2.69. The van der Waals surface area contributed by atoms with Crippen LogP contribution in [0, 0.1) is 0 Å². The number of nitrogens with one attached hydrogen (secondary N) is 1. The molecule has 1 fully saturated rings. The number of nitrogens with zero attached hydrogens (tertiary/aromatic N) is 2. The first kappa shape index (κ1) is 14.5. The topological polar surface area (TPSA) is 62.3 Å². The second-order valence-corrected chi connectivity index (χ2v) is 5.20. The molecule has 1 aromatic rings. The van der Waals surface area contributed by atoms with Gasteiger partial charge in [-0.3, -0.25) is 14.6 Å². The summed E-state index contributed by atoms with van der Waals surface area (Å²) in [5.74, 6) is -0.115. The number of piperazine rings is 1. The van der Waals surface area contributed by atoms with E-state index in [-0.39, 0.29) is 24.4 Å². The fraction of sp³-hybridized carbons (Fsp3) is 0.533. The van der Waals surface area contributed by atoms with Gasteiger partial charge in [-0.15, -0.1) is 0 Å². The van der Waals surface area contributed by atoms with Crippen LogP contribution < -0.4 is 5.32 Å². The van der Waals surface area contributed by atoms with E-state index in [2.05, 4.69) is 10.3 Å². The number of pyridine rings is 1. The zero-order valence-corrected chi connectivity index (χ0v) is 12.2. The van der Waals surface area contributed by atoms with E-state index in [0.717, 1.165) is 5.69 Å². The second kappa shape index (κ2) is 5.61. The maximum absolute atomic E-state index is 12.8. The van der Waals surface area contributed by atoms with E-state index >= 15 is 0 Å². The second-order valence-electron chi connectivity index (χ2n) is 5.20. The highest BCUT2D eigenvalue weighted by Crippen LogP contribution is 2.28. The van der Waals surface area contributed by atoms with Gasteiger partial charge >= 0.3 is 0 Å². The molecule has 0 saturated carbocycles. The maximum atomic E-state index is 12.8. The van der Waals surface area contributed by atoms with Crippen molar-refractivity contribution >= 4 is 11.8 Å². The molecule has 1 atom stereocenters. The minimum absolute atomic E-state index is 0.0137. The number of hydrogen-bond acceptors (Lipinski definition) is 3. The first-order chi connectivity index (χ1) is 9.54. The Bertz CT molecular complexity index is 497. The van der Waals surface area contributed by atoms with E-state index in [1.54, 1.807) is 11.1 Å². The third-order valence-corrected chi connectivity index (χ3v) is 4.15. The number of aromatic nitrogens is 1. The molecule has 20 heavy (non-hydrogen) atoms. The van der Waals surface area contributed by atoms with Gasteiger partial charge in [-0.2, -0.15) is 0 Å². The lowest BCUT2D eigenvalue weighted by molar-refractivity contribution is -0.152. The third kappa shape index (κ3) is 2.40. The average molecular weight is 275 g/mol. The minimum Gasteiger partial charge on any atom is -0.340 e. The van der Waals surface area contributed by atoms with E-state index in [4.69, 9.17) is 0 Å². The van der Waals surface area contributed by atoms with Gasteiger partial charge in [0.2, 0.25) is 11.8 Å². The summed E-state index contributed by atoms with van der Waals surface area (Å²) in [5, 5.41) is 2.86. The Morgan fingerprint density at radius 3 is 2.60 bits per heavy atom. The van der Waals surface area contributed by atoms with E-state index < -0.39 is 5.54 Å². The van der Waals surface area contributed by atoms with Gasteiger partial charge in [0, 0.05) is 6.20 Å². The number of carbonyl (C=O) groups excluding carboxylic acids is 2. The van der Waals surface area contributed by atoms with Crippen LogP contribution in [0.25, 0.3) is 0 Å². The molecule has 1 aromatic heterocycles. The van der Waals surface area contributed by atoms with Crippen LogP contribution >= 0.6 is 0 Å². The van der Waals surface area contributed by atoms with Gasteiger partial charge in [-0.1, -0.05) is 19.9 Å². The molecule has 5 nitrogen and oxygen atoms in total. The van der Waals surface area contributed by atoms with Crippen molar-refractivity contribution in [1.82, 2.24) is 15.2 Å². The highest BCUT2D eigenvalue weighted by Gasteiger charge is 2.45. The van der Waals surface area contributed by atoms with Crippen LogP contribution in [0.1, 0.15) is 45.3 Å². The Morgan fingerprint density at radius 1 is 1.35 bits per heavy atom. The standard InChI is InChI=1S/C15H21N3O2/c1-4-15(5-2)14(20)18(10-13(19)17-15)11(3)12-8-6-7-9-16-12/h6-9,11H,4-5,10H2,1-3H3,(H,17,19). The molecular formula is C15H21N3O2. The van der Waals surface area contributed by atoms with Crippen molar-refractivity contribution in [2.75, 3.05) is 6.54 Å². The van der Waals surface area contributed by atoms with Gasteiger partial charge in [0.1, 0.15) is 12.1 Å². The largest absolute Gasteiger partial charge is 0.340 e. The zero-order valence-electron chi connectivity index (χ0n) is 12.2. The van der Waals surface area contributed by atoms with Crippen LogP contribution in [0.2, 0.25) is 0 Å². The lowest BCUT2D eigenvalue weighted by atomic mass is 9.88. The van der Waals surface area contributed by atoms with Gasteiger partial charge in [-0.05, 0) is 31.9 Å². The summed E-state index contributed by atoms with van der Waals surface area (Å²) in [6.07, 6.45) is 2.90. The van der Waals surface area contributed by atoms with Gasteiger partial charge in [0.05, 0.1) is 11.7 Å². The van der Waals surface area contributed by atoms with Gasteiger partial charge in [0.15, 0.2) is 0 Å². The van der Waals surface area contributed by atoms with E-state index in [9.17, 15) is 9.59 Å². The van der Waals surface area contributed by atoms with Crippen LogP contribution in [-0.4, -0.2) is 33.8 Å². The summed E-state index contributed by atoms with van der Waals surface area (Å²) in [4.78, 5) is 30.6. The van der Waals surface area contributed by atoms with Crippen LogP contribution in [0.15, 0.2) is 24.4 Å². The normalized spacial score (nSPS) is 19.6. The molecule has 1 aliphatic rings. The molecule has 1 N–H and O–H groups in total. The van der Waals surface area contributed by atoms with Crippen molar-refractivity contribution in [2.24, 2.45) is 0 Å². The molecule has 2 amide bonds. The predicted molar refractivity (Wildman–Crippen MR) is 75.8 cm³/mol. The number of carbonyl (C=O) groups is 2. The van der Waals surface area contributed by atoms with Gasteiger partial charge in [0.25, 0.3) is 0 Å². The molecule has 0 bridgehead atoms. The Morgan fingerprint density at radius 2 is 2.05 bits per heavy atom. The first-order valence-corrected chi connectivity index (χ1v) is 7.07. The van der Waals surface area contributed by atoms with Crippen LogP contribution in [-0.2, 0) is 9.59 Å². The number of rotatable bonds is 4. The van der Waals surface area contributed by atoms with Crippen molar-refractivity contribution in [3.8, 4) is 0 Å². The quantitative estimate of drug-likeness (QED) is 0.909. The molecule has 0 aromatic carbocycles. The Kier molecular flexibility index (Phi) is 4.06. The Labute approximate surface area is 119 Å². The minimum atomic E-state index is -0.766. The SMILES string of the molecule is CCC1(CC)NC(=O)CN(C(C)c2ccccn2)C1=O. The lowest BCUT2D eigenvalue weighted by Crippen LogP contribution is -2.66. The van der Waals surface area contributed by atoms with Crippen LogP contribution in [0.3, 0.4) is 0 Å². The summed E-state index contributed by atoms with van der Waals surface area (Å²) in [6.45, 7) is 5.86. The molecule has 108 valence electrons. The van der Waals surface area contributed by atoms with E-state index in [1.165, 1.54) is 0 Å². The molecule has 2 heterocycles.